The molecule has 11 heteroatoms. The molecule has 1 saturated heterocycles. The summed E-state index contributed by atoms with van der Waals surface area (Å²) in [5, 5.41) is 6.18. The first-order valence-electron chi connectivity index (χ1n) is 10.6. The monoisotopic (exact) mass is 476 g/mol. The minimum atomic E-state index is -0.496. The highest BCUT2D eigenvalue weighted by molar-refractivity contribution is 7.59. The second-order valence-corrected chi connectivity index (χ2v) is 8.48. The van der Waals surface area contributed by atoms with Crippen molar-refractivity contribution in [3.63, 3.8) is 0 Å². The molecular weight excluding hydrogens is 447 g/mol. The lowest BCUT2D eigenvalue weighted by molar-refractivity contribution is -0.137. The third-order valence-corrected chi connectivity index (χ3v) is 5.73. The lowest BCUT2D eigenvalue weighted by Crippen LogP contribution is -2.58. The Morgan fingerprint density at radius 1 is 1.30 bits per heavy atom. The van der Waals surface area contributed by atoms with Crippen LogP contribution in [0, 0.1) is 18.7 Å². The average Bonchev–Trinajstić information content (AvgIpc) is 2.70. The maximum absolute atomic E-state index is 13.6. The van der Waals surface area contributed by atoms with E-state index in [1.54, 1.807) is 17.0 Å². The number of carbonyl (C=O) groups is 2. The number of hydrogen-bond acceptors (Lipinski definition) is 7. The van der Waals surface area contributed by atoms with Gasteiger partial charge in [-0.1, -0.05) is 26.0 Å². The summed E-state index contributed by atoms with van der Waals surface area (Å²) in [6.07, 6.45) is 0. The van der Waals surface area contributed by atoms with Crippen molar-refractivity contribution >= 4 is 42.8 Å². The standard InChI is InChI=1S/C22H27FN6O3.H2S/c1-12(2)19-21(31)26-18-13(3)24-22(27-20(18)28(19)4)25-14-9-29(10-14)17(30)11-32-16-8-6-5-7-15(16)23;/h5-8,12,14,19H,9-11H2,1-4H3,(H,26,31)(H,24,25,27);1H2/t19-;/m0./s1. The lowest BCUT2D eigenvalue weighted by Gasteiger charge is -2.40. The van der Waals surface area contributed by atoms with Crippen molar-refractivity contribution in [1.29, 1.82) is 0 Å². The Hall–Kier alpha value is -3.08. The number of rotatable bonds is 6. The van der Waals surface area contributed by atoms with Crippen molar-refractivity contribution in [3.05, 3.63) is 35.8 Å². The molecule has 1 fully saturated rings. The SMILES string of the molecule is Cc1nc(NC2CN(C(=O)COc3ccccc3F)C2)nc2c1NC(=O)[C@H](C(C)C)N2C.S. The van der Waals surface area contributed by atoms with Crippen molar-refractivity contribution in [1.82, 2.24) is 14.9 Å². The van der Waals surface area contributed by atoms with Crippen LogP contribution in [0.15, 0.2) is 24.3 Å². The summed E-state index contributed by atoms with van der Waals surface area (Å²) in [5.41, 5.74) is 1.29. The zero-order valence-corrected chi connectivity index (χ0v) is 20.1. The fraction of sp³-hybridized carbons (Fsp3) is 0.455. The minimum Gasteiger partial charge on any atom is -0.481 e. The van der Waals surface area contributed by atoms with E-state index in [9.17, 15) is 14.0 Å². The quantitative estimate of drug-likeness (QED) is 0.659. The molecule has 2 amide bonds. The number of nitrogens with zero attached hydrogens (tertiary/aromatic N) is 4. The van der Waals surface area contributed by atoms with E-state index in [1.165, 1.54) is 12.1 Å². The molecule has 9 nitrogen and oxygen atoms in total. The first kappa shape index (κ1) is 24.6. The molecule has 178 valence electrons. The van der Waals surface area contributed by atoms with Gasteiger partial charge in [0.2, 0.25) is 11.9 Å². The zero-order chi connectivity index (χ0) is 23.0. The van der Waals surface area contributed by atoms with E-state index >= 15 is 0 Å². The highest BCUT2D eigenvalue weighted by atomic mass is 32.1. The second-order valence-electron chi connectivity index (χ2n) is 8.48. The van der Waals surface area contributed by atoms with Gasteiger partial charge in [0.25, 0.3) is 5.91 Å². The predicted molar refractivity (Wildman–Crippen MR) is 129 cm³/mol. The first-order chi connectivity index (χ1) is 15.2. The number of ether oxygens (including phenoxy) is 1. The van der Waals surface area contributed by atoms with E-state index in [0.29, 0.717) is 36.2 Å². The molecule has 1 atom stereocenters. The molecule has 0 spiro atoms. The average molecular weight is 477 g/mol. The number of anilines is 3. The van der Waals surface area contributed by atoms with Crippen LogP contribution in [-0.2, 0) is 9.59 Å². The van der Waals surface area contributed by atoms with E-state index in [2.05, 4.69) is 20.6 Å². The molecule has 0 saturated carbocycles. The number of benzene rings is 1. The molecule has 3 heterocycles. The lowest BCUT2D eigenvalue weighted by atomic mass is 9.99. The Labute approximate surface area is 199 Å². The van der Waals surface area contributed by atoms with Crippen molar-refractivity contribution in [2.24, 2.45) is 5.92 Å². The molecule has 2 N–H and O–H groups in total. The van der Waals surface area contributed by atoms with Crippen LogP contribution >= 0.6 is 13.5 Å². The summed E-state index contributed by atoms with van der Waals surface area (Å²) in [6.45, 7) is 6.54. The van der Waals surface area contributed by atoms with Gasteiger partial charge in [0.05, 0.1) is 11.7 Å². The van der Waals surface area contributed by atoms with Crippen LogP contribution in [0.3, 0.4) is 0 Å². The molecule has 0 bridgehead atoms. The molecule has 1 aromatic carbocycles. The van der Waals surface area contributed by atoms with Crippen LogP contribution in [0.4, 0.5) is 21.8 Å². The number of aromatic nitrogens is 2. The van der Waals surface area contributed by atoms with Gasteiger partial charge in [0.1, 0.15) is 11.7 Å². The van der Waals surface area contributed by atoms with Crippen LogP contribution in [-0.4, -0.2) is 65.5 Å². The van der Waals surface area contributed by atoms with Gasteiger partial charge in [-0.05, 0) is 25.0 Å². The van der Waals surface area contributed by atoms with Crippen molar-refractivity contribution in [2.75, 3.05) is 42.3 Å². The number of halogens is 1. The molecule has 2 aliphatic rings. The van der Waals surface area contributed by atoms with E-state index in [-0.39, 0.29) is 55.7 Å². The largest absolute Gasteiger partial charge is 0.481 e. The maximum Gasteiger partial charge on any atom is 0.260 e. The molecule has 33 heavy (non-hydrogen) atoms. The highest BCUT2D eigenvalue weighted by Crippen LogP contribution is 2.34. The molecule has 4 rings (SSSR count). The van der Waals surface area contributed by atoms with Gasteiger partial charge in [0, 0.05) is 20.1 Å². The van der Waals surface area contributed by atoms with Crippen molar-refractivity contribution in [3.8, 4) is 5.75 Å². The third kappa shape index (κ3) is 4.97. The van der Waals surface area contributed by atoms with E-state index < -0.39 is 5.82 Å². The van der Waals surface area contributed by atoms with Gasteiger partial charge < -0.3 is 25.2 Å². The summed E-state index contributed by atoms with van der Waals surface area (Å²) in [4.78, 5) is 37.4. The Bertz CT molecular complexity index is 1050. The zero-order valence-electron chi connectivity index (χ0n) is 19.1. The Kier molecular flexibility index (Phi) is 7.31. The third-order valence-electron chi connectivity index (χ3n) is 5.73. The van der Waals surface area contributed by atoms with Crippen LogP contribution in [0.2, 0.25) is 0 Å². The number of hydrogen-bond donors (Lipinski definition) is 2. The molecule has 0 unspecified atom stereocenters. The molecule has 2 aliphatic heterocycles. The van der Waals surface area contributed by atoms with Gasteiger partial charge in [-0.15, -0.1) is 0 Å². The minimum absolute atomic E-state index is 0. The van der Waals surface area contributed by atoms with E-state index in [4.69, 9.17) is 4.74 Å². The summed E-state index contributed by atoms with van der Waals surface area (Å²) in [7, 11) is 1.86. The number of nitrogens with one attached hydrogen (secondary N) is 2. The van der Waals surface area contributed by atoms with Crippen molar-refractivity contribution < 1.29 is 18.7 Å². The Morgan fingerprint density at radius 2 is 2.00 bits per heavy atom. The second kappa shape index (κ2) is 9.82. The van der Waals surface area contributed by atoms with E-state index in [0.717, 1.165) is 0 Å². The summed E-state index contributed by atoms with van der Waals surface area (Å²) in [6, 6.07) is 5.68. The fourth-order valence-electron chi connectivity index (χ4n) is 4.03. The van der Waals surface area contributed by atoms with Gasteiger partial charge in [0.15, 0.2) is 24.0 Å². The van der Waals surface area contributed by atoms with Crippen molar-refractivity contribution in [2.45, 2.75) is 32.9 Å². The smallest absolute Gasteiger partial charge is 0.260 e. The predicted octanol–water partition coefficient (Wildman–Crippen LogP) is 2.15. The molecular formula is C22H29FN6O3S. The summed E-state index contributed by atoms with van der Waals surface area (Å²) in [5.74, 6) is 0.534. The fourth-order valence-corrected chi connectivity index (χ4v) is 4.03. The van der Waals surface area contributed by atoms with Gasteiger partial charge in [-0.2, -0.15) is 18.5 Å². The van der Waals surface area contributed by atoms with Crippen LogP contribution < -0.4 is 20.3 Å². The number of likely N-dealkylation sites (N-methyl/N-ethyl adjacent to an activating group) is 1. The molecule has 2 aromatic rings. The molecule has 1 aromatic heterocycles. The van der Waals surface area contributed by atoms with E-state index in [1.807, 2.05) is 32.7 Å². The molecule has 0 radical (unpaired) electrons. The number of para-hydroxylation sites is 1. The number of fused-ring (bicyclic) bond motifs is 1. The summed E-state index contributed by atoms with van der Waals surface area (Å²) >= 11 is 0. The molecule has 0 aliphatic carbocycles. The maximum atomic E-state index is 13.6. The van der Waals surface area contributed by atoms with Crippen LogP contribution in [0.25, 0.3) is 0 Å². The normalized spacial score (nSPS) is 17.6. The number of aryl methyl sites for hydroxylation is 1. The number of likely N-dealkylation sites (tertiary alicyclic amines) is 1. The Morgan fingerprint density at radius 3 is 2.67 bits per heavy atom. The summed E-state index contributed by atoms with van der Waals surface area (Å²) < 4.78 is 18.9. The van der Waals surface area contributed by atoms with Gasteiger partial charge in [-0.3, -0.25) is 9.59 Å². The number of carbonyl (C=O) groups excluding carboxylic acids is 2. The van der Waals surface area contributed by atoms with Crippen LogP contribution in [0.1, 0.15) is 19.5 Å². The van der Waals surface area contributed by atoms with Gasteiger partial charge >= 0.3 is 0 Å². The van der Waals surface area contributed by atoms with Crippen LogP contribution in [0.5, 0.6) is 5.75 Å². The first-order valence-corrected chi connectivity index (χ1v) is 10.6. The highest BCUT2D eigenvalue weighted by Gasteiger charge is 2.36. The topological polar surface area (TPSA) is 99.7 Å². The number of amides is 2. The van der Waals surface area contributed by atoms with Gasteiger partial charge in [-0.25, -0.2) is 9.37 Å². The Balaban J connectivity index is 0.00000306.